The Hall–Kier alpha value is -2.04. The average molecular weight is 397 g/mol. The van der Waals surface area contributed by atoms with Crippen molar-refractivity contribution >= 4 is 11.4 Å². The molecule has 4 heteroatoms. The summed E-state index contributed by atoms with van der Waals surface area (Å²) >= 11 is 0. The second-order valence-corrected chi connectivity index (χ2v) is 8.17. The van der Waals surface area contributed by atoms with Gasteiger partial charge in [-0.1, -0.05) is 69.7 Å². The lowest BCUT2D eigenvalue weighted by Gasteiger charge is -2.21. The average Bonchev–Trinajstić information content (AvgIpc) is 2.72. The molecule has 2 aromatic carbocycles. The Labute approximate surface area is 177 Å². The van der Waals surface area contributed by atoms with Gasteiger partial charge in [0.1, 0.15) is 0 Å². The van der Waals surface area contributed by atoms with Crippen molar-refractivity contribution in [2.45, 2.75) is 76.7 Å². The van der Waals surface area contributed by atoms with E-state index in [1.165, 1.54) is 43.2 Å². The summed E-state index contributed by atoms with van der Waals surface area (Å²) in [6.45, 7) is 3.02. The minimum atomic E-state index is -0.00360. The lowest BCUT2D eigenvalue weighted by molar-refractivity contribution is 0.539. The van der Waals surface area contributed by atoms with E-state index in [0.29, 0.717) is 5.92 Å². The Morgan fingerprint density at radius 3 is 1.97 bits per heavy atom. The van der Waals surface area contributed by atoms with Crippen LogP contribution in [0.4, 0.5) is 11.4 Å². The quantitative estimate of drug-likeness (QED) is 0.266. The predicted molar refractivity (Wildman–Crippen MR) is 127 cm³/mol. The molecule has 2 unspecified atom stereocenters. The van der Waals surface area contributed by atoms with Crippen molar-refractivity contribution in [1.29, 1.82) is 0 Å². The van der Waals surface area contributed by atoms with Gasteiger partial charge in [-0.3, -0.25) is 0 Å². The van der Waals surface area contributed by atoms with Gasteiger partial charge in [-0.05, 0) is 60.7 Å². The first-order valence-corrected chi connectivity index (χ1v) is 11.3. The molecule has 2 aromatic rings. The number of rotatable bonds is 13. The molecule has 4 nitrogen and oxygen atoms in total. The highest BCUT2D eigenvalue weighted by Gasteiger charge is 2.16. The summed E-state index contributed by atoms with van der Waals surface area (Å²) in [5, 5.41) is 0. The van der Waals surface area contributed by atoms with E-state index in [9.17, 15) is 0 Å². The third-order valence-corrected chi connectivity index (χ3v) is 5.88. The molecule has 0 aliphatic heterocycles. The molecule has 0 aromatic heterocycles. The van der Waals surface area contributed by atoms with E-state index in [1.807, 2.05) is 18.2 Å². The van der Waals surface area contributed by atoms with E-state index in [0.717, 1.165) is 49.2 Å². The minimum Gasteiger partial charge on any atom is -0.399 e. The van der Waals surface area contributed by atoms with Crippen molar-refractivity contribution in [2.24, 2.45) is 11.5 Å². The number of benzene rings is 2. The van der Waals surface area contributed by atoms with Crippen molar-refractivity contribution < 1.29 is 0 Å². The first kappa shape index (κ1) is 23.2. The Kier molecular flexibility index (Phi) is 10.0. The fraction of sp³-hybridized carbons (Fsp3) is 0.520. The van der Waals surface area contributed by atoms with Crippen LogP contribution in [0.5, 0.6) is 0 Å². The fourth-order valence-corrected chi connectivity index (χ4v) is 4.07. The van der Waals surface area contributed by atoms with E-state index in [1.54, 1.807) is 0 Å². The van der Waals surface area contributed by atoms with Gasteiger partial charge in [0.25, 0.3) is 0 Å². The Balaban J connectivity index is 1.94. The van der Waals surface area contributed by atoms with Crippen molar-refractivity contribution in [3.05, 3.63) is 59.2 Å². The van der Waals surface area contributed by atoms with Gasteiger partial charge in [0, 0.05) is 23.3 Å². The lowest BCUT2D eigenvalue weighted by atomic mass is 9.86. The molecule has 160 valence electrons. The second-order valence-electron chi connectivity index (χ2n) is 8.17. The summed E-state index contributed by atoms with van der Waals surface area (Å²) in [4.78, 5) is 0. The van der Waals surface area contributed by atoms with Crippen LogP contribution in [-0.4, -0.2) is 6.54 Å². The van der Waals surface area contributed by atoms with Gasteiger partial charge in [-0.15, -0.1) is 0 Å². The summed E-state index contributed by atoms with van der Waals surface area (Å²) in [6.07, 6.45) is 10.7. The summed E-state index contributed by atoms with van der Waals surface area (Å²) in [6, 6.07) is 14.5. The summed E-state index contributed by atoms with van der Waals surface area (Å²) in [5.41, 5.74) is 29.4. The molecule has 0 spiro atoms. The van der Waals surface area contributed by atoms with Crippen LogP contribution < -0.4 is 22.9 Å². The maximum Gasteiger partial charge on any atom is 0.0362 e. The summed E-state index contributed by atoms with van der Waals surface area (Å²) in [7, 11) is 0. The van der Waals surface area contributed by atoms with Crippen molar-refractivity contribution in [1.82, 2.24) is 0 Å². The number of nitrogens with two attached hydrogens (primary N) is 4. The zero-order chi connectivity index (χ0) is 21.1. The topological polar surface area (TPSA) is 104 Å². The van der Waals surface area contributed by atoms with Crippen LogP contribution in [0.25, 0.3) is 0 Å². The summed E-state index contributed by atoms with van der Waals surface area (Å²) < 4.78 is 0. The number of anilines is 2. The molecule has 29 heavy (non-hydrogen) atoms. The smallest absolute Gasteiger partial charge is 0.0362 e. The first-order chi connectivity index (χ1) is 14.1. The molecule has 0 fully saturated rings. The zero-order valence-electron chi connectivity index (χ0n) is 18.1. The molecule has 0 aliphatic rings. The van der Waals surface area contributed by atoms with Crippen LogP contribution in [0, 0.1) is 0 Å². The van der Waals surface area contributed by atoms with Gasteiger partial charge in [0.05, 0.1) is 0 Å². The third kappa shape index (κ3) is 7.37. The van der Waals surface area contributed by atoms with Crippen molar-refractivity contribution in [3.63, 3.8) is 0 Å². The second kappa shape index (κ2) is 12.5. The molecule has 0 amide bonds. The number of unbranched alkanes of at least 4 members (excludes halogenated alkanes) is 6. The van der Waals surface area contributed by atoms with Gasteiger partial charge >= 0.3 is 0 Å². The molecule has 0 radical (unpaired) electrons. The van der Waals surface area contributed by atoms with Crippen LogP contribution >= 0.6 is 0 Å². The van der Waals surface area contributed by atoms with Crippen molar-refractivity contribution in [3.8, 4) is 0 Å². The molecule has 0 bridgehead atoms. The van der Waals surface area contributed by atoms with Gasteiger partial charge in [0.15, 0.2) is 0 Å². The molecule has 0 heterocycles. The summed E-state index contributed by atoms with van der Waals surface area (Å²) in [5.74, 6) is 0.329. The zero-order valence-corrected chi connectivity index (χ0v) is 18.1. The van der Waals surface area contributed by atoms with Crippen LogP contribution in [-0.2, 0) is 0 Å². The molecular weight excluding hydrogens is 356 g/mol. The third-order valence-electron chi connectivity index (χ3n) is 5.88. The van der Waals surface area contributed by atoms with Crippen LogP contribution in [0.3, 0.4) is 0 Å². The van der Waals surface area contributed by atoms with Gasteiger partial charge in [-0.25, -0.2) is 0 Å². The van der Waals surface area contributed by atoms with Crippen LogP contribution in [0.1, 0.15) is 93.4 Å². The molecule has 0 saturated carbocycles. The van der Waals surface area contributed by atoms with Gasteiger partial charge in [-0.2, -0.15) is 0 Å². The minimum absolute atomic E-state index is 0.00360. The van der Waals surface area contributed by atoms with E-state index in [4.69, 9.17) is 22.9 Å². The number of nitrogen functional groups attached to an aromatic ring is 2. The van der Waals surface area contributed by atoms with Gasteiger partial charge in [0.2, 0.25) is 0 Å². The molecule has 8 N–H and O–H groups in total. The first-order valence-electron chi connectivity index (χ1n) is 11.3. The van der Waals surface area contributed by atoms with Crippen molar-refractivity contribution in [2.75, 3.05) is 18.0 Å². The monoisotopic (exact) mass is 396 g/mol. The largest absolute Gasteiger partial charge is 0.399 e. The van der Waals surface area contributed by atoms with Crippen LogP contribution in [0.2, 0.25) is 0 Å². The highest BCUT2D eigenvalue weighted by molar-refractivity contribution is 5.52. The van der Waals surface area contributed by atoms with E-state index < -0.39 is 0 Å². The molecule has 0 aliphatic carbocycles. The predicted octanol–water partition coefficient (Wildman–Crippen LogP) is 5.47. The number of hydrogen-bond acceptors (Lipinski definition) is 4. The highest BCUT2D eigenvalue weighted by Crippen LogP contribution is 2.33. The SMILES string of the molecule is CCC(c1ccc(N)cc1)c1ccc(N)c(C(N)CCCCCCCCCN)c1. The molecule has 0 saturated heterocycles. The highest BCUT2D eigenvalue weighted by atomic mass is 14.7. The van der Waals surface area contributed by atoms with E-state index in [2.05, 4.69) is 31.2 Å². The maximum atomic E-state index is 6.53. The van der Waals surface area contributed by atoms with Gasteiger partial charge < -0.3 is 22.9 Å². The standard InChI is InChI=1S/C25H40N4/c1-2-22(19-11-14-21(27)15-12-19)20-13-16-25(29)23(18-20)24(28)10-8-6-4-3-5-7-9-17-26/h11-16,18,22,24H,2-10,17,26-29H2,1H3. The molecular formula is C25H40N4. The Bertz CT molecular complexity index is 711. The molecule has 2 rings (SSSR count). The van der Waals surface area contributed by atoms with Crippen LogP contribution in [0.15, 0.2) is 42.5 Å². The maximum absolute atomic E-state index is 6.53. The molecule has 2 atom stereocenters. The lowest BCUT2D eigenvalue weighted by Crippen LogP contribution is -2.13. The Morgan fingerprint density at radius 2 is 1.34 bits per heavy atom. The normalized spacial score (nSPS) is 13.3. The number of hydrogen-bond donors (Lipinski definition) is 4. The Morgan fingerprint density at radius 1 is 0.759 bits per heavy atom. The van der Waals surface area contributed by atoms with E-state index in [-0.39, 0.29) is 6.04 Å². The fourth-order valence-electron chi connectivity index (χ4n) is 4.07. The van der Waals surface area contributed by atoms with E-state index >= 15 is 0 Å².